The van der Waals surface area contributed by atoms with E-state index >= 15 is 0 Å². The molecule has 1 aliphatic rings. The number of nitrogens with zero attached hydrogens (tertiary/aromatic N) is 1. The maximum absolute atomic E-state index is 13.9. The highest BCUT2D eigenvalue weighted by Crippen LogP contribution is 2.31. The van der Waals surface area contributed by atoms with Gasteiger partial charge in [0.25, 0.3) is 0 Å². The van der Waals surface area contributed by atoms with E-state index in [1.54, 1.807) is 17.0 Å². The maximum Gasteiger partial charge on any atom is 0.441 e. The molecular formula is C14H17F2NO. The summed E-state index contributed by atoms with van der Waals surface area (Å²) in [5.41, 5.74) is 0.636. The zero-order chi connectivity index (χ0) is 13.2. The fourth-order valence-corrected chi connectivity index (χ4v) is 2.06. The number of aryl methyl sites for hydroxylation is 1. The summed E-state index contributed by atoms with van der Waals surface area (Å²) in [6.07, 6.45) is -1.49. The molecule has 4 heteroatoms. The molecule has 1 fully saturated rings. The third-order valence-corrected chi connectivity index (χ3v) is 3.06. The number of halogens is 2. The second-order valence-corrected chi connectivity index (χ2v) is 4.58. The summed E-state index contributed by atoms with van der Waals surface area (Å²) in [7, 11) is 0. The first kappa shape index (κ1) is 12.9. The lowest BCUT2D eigenvalue weighted by Gasteiger charge is -2.27. The minimum absolute atomic E-state index is 0.167. The molecule has 1 aliphatic heterocycles. The van der Waals surface area contributed by atoms with Crippen molar-refractivity contribution in [2.45, 2.75) is 25.9 Å². The Balaban J connectivity index is 2.08. The zero-order valence-electron chi connectivity index (χ0n) is 10.5. The molecule has 2 nitrogen and oxygen atoms in total. The van der Waals surface area contributed by atoms with Crippen molar-refractivity contribution >= 4 is 0 Å². The molecule has 0 amide bonds. The highest BCUT2D eigenvalue weighted by atomic mass is 19.3. The first-order valence-corrected chi connectivity index (χ1v) is 6.07. The second-order valence-electron chi connectivity index (χ2n) is 4.58. The summed E-state index contributed by atoms with van der Waals surface area (Å²) in [5.74, 6) is 0.167. The van der Waals surface area contributed by atoms with Gasteiger partial charge in [0.05, 0.1) is 0 Å². The van der Waals surface area contributed by atoms with Crippen LogP contribution in [0.4, 0.5) is 8.78 Å². The van der Waals surface area contributed by atoms with Gasteiger partial charge in [-0.2, -0.15) is 8.78 Å². The molecule has 0 spiro atoms. The van der Waals surface area contributed by atoms with Crippen LogP contribution in [0.1, 0.15) is 18.4 Å². The van der Waals surface area contributed by atoms with Gasteiger partial charge in [0.1, 0.15) is 11.4 Å². The van der Waals surface area contributed by atoms with Crippen LogP contribution in [0.15, 0.2) is 36.5 Å². The van der Waals surface area contributed by atoms with Crippen LogP contribution < -0.4 is 4.74 Å². The number of likely N-dealkylation sites (tertiary alicyclic amines) is 1. The fraction of sp³-hybridized carbons (Fsp3) is 0.429. The number of benzene rings is 1. The van der Waals surface area contributed by atoms with Gasteiger partial charge < -0.3 is 9.64 Å². The van der Waals surface area contributed by atoms with E-state index in [0.29, 0.717) is 13.1 Å². The van der Waals surface area contributed by atoms with Crippen LogP contribution >= 0.6 is 0 Å². The molecule has 0 bridgehead atoms. The van der Waals surface area contributed by atoms with E-state index in [4.69, 9.17) is 4.74 Å². The van der Waals surface area contributed by atoms with E-state index in [0.717, 1.165) is 18.4 Å². The average Bonchev–Trinajstić information content (AvgIpc) is 2.80. The van der Waals surface area contributed by atoms with Gasteiger partial charge in [-0.25, -0.2) is 0 Å². The van der Waals surface area contributed by atoms with E-state index in [2.05, 4.69) is 6.58 Å². The highest BCUT2D eigenvalue weighted by Gasteiger charge is 2.39. The van der Waals surface area contributed by atoms with Crippen LogP contribution in [0.25, 0.3) is 0 Å². The van der Waals surface area contributed by atoms with Gasteiger partial charge in [-0.15, -0.1) is 0 Å². The van der Waals surface area contributed by atoms with Crippen molar-refractivity contribution < 1.29 is 13.5 Å². The van der Waals surface area contributed by atoms with Crippen molar-refractivity contribution in [3.8, 4) is 5.75 Å². The SMILES string of the molecule is C=C(N1CCCC1)C(F)(F)Oc1cccc(C)c1. The van der Waals surface area contributed by atoms with E-state index in [1.807, 2.05) is 13.0 Å². The van der Waals surface area contributed by atoms with Crippen molar-refractivity contribution in [3.05, 3.63) is 42.1 Å². The zero-order valence-corrected chi connectivity index (χ0v) is 10.5. The smallest absolute Gasteiger partial charge is 0.428 e. The largest absolute Gasteiger partial charge is 0.441 e. The highest BCUT2D eigenvalue weighted by molar-refractivity contribution is 5.28. The Morgan fingerprint density at radius 2 is 2.00 bits per heavy atom. The molecule has 2 rings (SSSR count). The molecule has 0 atom stereocenters. The summed E-state index contributed by atoms with van der Waals surface area (Å²) in [5, 5.41) is 0. The molecule has 18 heavy (non-hydrogen) atoms. The first-order chi connectivity index (χ1) is 8.49. The predicted octanol–water partition coefficient (Wildman–Crippen LogP) is 3.58. The molecular weight excluding hydrogens is 236 g/mol. The third-order valence-electron chi connectivity index (χ3n) is 3.06. The monoisotopic (exact) mass is 253 g/mol. The summed E-state index contributed by atoms with van der Waals surface area (Å²) >= 11 is 0. The minimum atomic E-state index is -3.35. The Morgan fingerprint density at radius 3 is 2.61 bits per heavy atom. The van der Waals surface area contributed by atoms with Gasteiger partial charge in [-0.1, -0.05) is 18.7 Å². The maximum atomic E-state index is 13.9. The average molecular weight is 253 g/mol. The Kier molecular flexibility index (Phi) is 3.55. The lowest BCUT2D eigenvalue weighted by molar-refractivity contribution is -0.156. The Labute approximate surface area is 106 Å². The molecule has 0 N–H and O–H groups in total. The Hall–Kier alpha value is -1.58. The van der Waals surface area contributed by atoms with Crippen LogP contribution in [0.2, 0.25) is 0 Å². The summed E-state index contributed by atoms with van der Waals surface area (Å²) in [4.78, 5) is 1.59. The van der Waals surface area contributed by atoms with Crippen molar-refractivity contribution in [1.29, 1.82) is 0 Å². The third kappa shape index (κ3) is 2.81. The number of ether oxygens (including phenoxy) is 1. The summed E-state index contributed by atoms with van der Waals surface area (Å²) in [6.45, 7) is 6.57. The van der Waals surface area contributed by atoms with Crippen LogP contribution in [0.5, 0.6) is 5.75 Å². The van der Waals surface area contributed by atoms with Crippen LogP contribution in [-0.2, 0) is 0 Å². The fourth-order valence-electron chi connectivity index (χ4n) is 2.06. The van der Waals surface area contributed by atoms with Crippen molar-refractivity contribution in [1.82, 2.24) is 4.90 Å². The topological polar surface area (TPSA) is 12.5 Å². The minimum Gasteiger partial charge on any atom is -0.428 e. The quantitative estimate of drug-likeness (QED) is 0.813. The van der Waals surface area contributed by atoms with Gasteiger partial charge in [-0.05, 0) is 37.5 Å². The van der Waals surface area contributed by atoms with Crippen LogP contribution in [0, 0.1) is 6.92 Å². The Bertz CT molecular complexity index is 439. The first-order valence-electron chi connectivity index (χ1n) is 6.07. The lowest BCUT2D eigenvalue weighted by Crippen LogP contribution is -2.36. The molecule has 0 radical (unpaired) electrons. The molecule has 98 valence electrons. The molecule has 0 saturated carbocycles. The Morgan fingerprint density at radius 1 is 1.33 bits per heavy atom. The molecule has 1 aromatic rings. The summed E-state index contributed by atoms with van der Waals surface area (Å²) < 4.78 is 32.6. The second kappa shape index (κ2) is 4.96. The van der Waals surface area contributed by atoms with E-state index in [-0.39, 0.29) is 11.4 Å². The standard InChI is InChI=1S/C14H17F2NO/c1-11-6-5-7-13(10-11)18-14(15,16)12(2)17-8-3-4-9-17/h5-7,10H,2-4,8-9H2,1H3. The molecule has 0 unspecified atom stereocenters. The number of alkyl halides is 2. The van der Waals surface area contributed by atoms with Gasteiger partial charge >= 0.3 is 6.11 Å². The van der Waals surface area contributed by atoms with Gasteiger partial charge in [0.2, 0.25) is 0 Å². The van der Waals surface area contributed by atoms with Crippen molar-refractivity contribution in [3.63, 3.8) is 0 Å². The van der Waals surface area contributed by atoms with E-state index in [9.17, 15) is 8.78 Å². The van der Waals surface area contributed by atoms with Crippen molar-refractivity contribution in [2.75, 3.05) is 13.1 Å². The van der Waals surface area contributed by atoms with E-state index < -0.39 is 6.11 Å². The number of hydrogen-bond donors (Lipinski definition) is 0. The molecule has 0 aliphatic carbocycles. The van der Waals surface area contributed by atoms with Crippen molar-refractivity contribution in [2.24, 2.45) is 0 Å². The molecule has 0 aromatic heterocycles. The molecule has 1 heterocycles. The number of hydrogen-bond acceptors (Lipinski definition) is 2. The van der Waals surface area contributed by atoms with Gasteiger partial charge in [-0.3, -0.25) is 0 Å². The number of rotatable bonds is 4. The van der Waals surface area contributed by atoms with Crippen LogP contribution in [0.3, 0.4) is 0 Å². The normalized spacial score (nSPS) is 15.8. The van der Waals surface area contributed by atoms with E-state index in [1.165, 1.54) is 6.07 Å². The van der Waals surface area contributed by atoms with Crippen LogP contribution in [-0.4, -0.2) is 24.1 Å². The van der Waals surface area contributed by atoms with Gasteiger partial charge in [0.15, 0.2) is 0 Å². The molecule has 1 aromatic carbocycles. The predicted molar refractivity (Wildman–Crippen MR) is 66.7 cm³/mol. The summed E-state index contributed by atoms with van der Waals surface area (Å²) in [6, 6.07) is 6.64. The lowest BCUT2D eigenvalue weighted by atomic mass is 10.2. The van der Waals surface area contributed by atoms with Gasteiger partial charge in [0, 0.05) is 13.1 Å². The molecule has 1 saturated heterocycles.